The second-order valence-corrected chi connectivity index (χ2v) is 7.36. The molecule has 10 nitrogen and oxygen atoms in total. The molecule has 31 heavy (non-hydrogen) atoms. The van der Waals surface area contributed by atoms with Crippen molar-refractivity contribution in [1.82, 2.24) is 15.5 Å². The van der Waals surface area contributed by atoms with E-state index in [0.29, 0.717) is 11.3 Å². The Morgan fingerprint density at radius 3 is 2.48 bits per heavy atom. The number of rotatable bonds is 8. The number of nitrogens with zero attached hydrogens (tertiary/aromatic N) is 2. The van der Waals surface area contributed by atoms with Crippen LogP contribution in [0.4, 0.5) is 16.2 Å². The lowest BCUT2D eigenvalue weighted by Crippen LogP contribution is -2.43. The highest BCUT2D eigenvalue weighted by molar-refractivity contribution is 6.09. The van der Waals surface area contributed by atoms with E-state index in [1.807, 2.05) is 19.1 Å². The zero-order valence-corrected chi connectivity index (χ0v) is 17.2. The molecule has 1 unspecified atom stereocenters. The number of para-hydroxylation sites is 2. The van der Waals surface area contributed by atoms with E-state index >= 15 is 0 Å². The Labute approximate surface area is 178 Å². The van der Waals surface area contributed by atoms with E-state index in [-0.39, 0.29) is 18.8 Å². The fourth-order valence-electron chi connectivity index (χ4n) is 3.30. The molecule has 2 aromatic rings. The van der Waals surface area contributed by atoms with Crippen molar-refractivity contribution in [2.45, 2.75) is 19.4 Å². The average molecular weight is 425 g/mol. The van der Waals surface area contributed by atoms with Gasteiger partial charge in [0.15, 0.2) is 0 Å². The van der Waals surface area contributed by atoms with Gasteiger partial charge < -0.3 is 16.0 Å². The van der Waals surface area contributed by atoms with Gasteiger partial charge in [0.2, 0.25) is 5.91 Å². The van der Waals surface area contributed by atoms with Crippen LogP contribution in [0.1, 0.15) is 18.1 Å². The van der Waals surface area contributed by atoms with Gasteiger partial charge in [-0.15, -0.1) is 0 Å². The van der Waals surface area contributed by atoms with Gasteiger partial charge in [-0.2, -0.15) is 0 Å². The van der Waals surface area contributed by atoms with E-state index in [1.165, 1.54) is 6.07 Å². The summed E-state index contributed by atoms with van der Waals surface area (Å²) >= 11 is 0. The standard InChI is InChI=1S/C21H23N5O5/c1-14-7-9-15(10-8-14)21(2)19(28)25(20(29)24-21)13-18(27)23-12-11-22-16-5-3-4-6-17(16)26(30)31/h3-10,22H,11-13H2,1-2H3,(H,23,27)(H,24,29). The van der Waals surface area contributed by atoms with Crippen molar-refractivity contribution in [3.8, 4) is 0 Å². The number of carbonyl (C=O) groups excluding carboxylic acids is 3. The summed E-state index contributed by atoms with van der Waals surface area (Å²) in [6.45, 7) is 3.49. The molecule has 10 heteroatoms. The molecule has 2 aromatic carbocycles. The van der Waals surface area contributed by atoms with E-state index in [2.05, 4.69) is 16.0 Å². The number of nitrogens with one attached hydrogen (secondary N) is 3. The number of amides is 4. The Hall–Kier alpha value is -3.95. The highest BCUT2D eigenvalue weighted by atomic mass is 16.6. The number of nitro benzene ring substituents is 1. The maximum atomic E-state index is 12.9. The highest BCUT2D eigenvalue weighted by Crippen LogP contribution is 2.28. The molecule has 162 valence electrons. The van der Waals surface area contributed by atoms with Gasteiger partial charge in [-0.05, 0) is 25.5 Å². The molecule has 1 fully saturated rings. The minimum absolute atomic E-state index is 0.0662. The normalized spacial score (nSPS) is 17.9. The number of nitro groups is 1. The maximum absolute atomic E-state index is 12.9. The average Bonchev–Trinajstić information content (AvgIpc) is 2.95. The topological polar surface area (TPSA) is 134 Å². The molecule has 1 heterocycles. The summed E-state index contributed by atoms with van der Waals surface area (Å²) in [7, 11) is 0. The van der Waals surface area contributed by atoms with Crippen LogP contribution >= 0.6 is 0 Å². The van der Waals surface area contributed by atoms with Crippen molar-refractivity contribution in [3.05, 3.63) is 69.8 Å². The highest BCUT2D eigenvalue weighted by Gasteiger charge is 2.49. The molecule has 0 spiro atoms. The molecule has 0 saturated carbocycles. The van der Waals surface area contributed by atoms with E-state index in [9.17, 15) is 24.5 Å². The van der Waals surface area contributed by atoms with E-state index < -0.39 is 34.9 Å². The Morgan fingerprint density at radius 1 is 1.13 bits per heavy atom. The molecule has 3 rings (SSSR count). The molecular weight excluding hydrogens is 402 g/mol. The number of aryl methyl sites for hydroxylation is 1. The minimum atomic E-state index is -1.24. The smallest absolute Gasteiger partial charge is 0.325 e. The Bertz CT molecular complexity index is 1020. The zero-order chi connectivity index (χ0) is 22.6. The predicted octanol–water partition coefficient (Wildman–Crippen LogP) is 1.90. The van der Waals surface area contributed by atoms with Gasteiger partial charge >= 0.3 is 6.03 Å². The van der Waals surface area contributed by atoms with Gasteiger partial charge in [-0.3, -0.25) is 24.6 Å². The largest absolute Gasteiger partial charge is 0.378 e. The van der Waals surface area contributed by atoms with E-state index in [4.69, 9.17) is 0 Å². The first-order valence-corrected chi connectivity index (χ1v) is 9.67. The number of hydrogen-bond acceptors (Lipinski definition) is 6. The third-order valence-corrected chi connectivity index (χ3v) is 5.07. The first kappa shape index (κ1) is 21.8. The lowest BCUT2D eigenvalue weighted by molar-refractivity contribution is -0.384. The summed E-state index contributed by atoms with van der Waals surface area (Å²) in [4.78, 5) is 48.8. The fraction of sp³-hybridized carbons (Fsp3) is 0.286. The van der Waals surface area contributed by atoms with Crippen molar-refractivity contribution in [2.75, 3.05) is 25.0 Å². The summed E-state index contributed by atoms with van der Waals surface area (Å²) in [5.41, 5.74) is 0.690. The fourth-order valence-corrected chi connectivity index (χ4v) is 3.30. The summed E-state index contributed by atoms with van der Waals surface area (Å²) < 4.78 is 0. The maximum Gasteiger partial charge on any atom is 0.325 e. The second-order valence-electron chi connectivity index (χ2n) is 7.36. The first-order chi connectivity index (χ1) is 14.7. The van der Waals surface area contributed by atoms with E-state index in [0.717, 1.165) is 10.5 Å². The SMILES string of the molecule is Cc1ccc(C2(C)NC(=O)N(CC(=O)NCCNc3ccccc3[N+](=O)[O-])C2=O)cc1. The lowest BCUT2D eigenvalue weighted by Gasteiger charge is -2.22. The van der Waals surface area contributed by atoms with Crippen molar-refractivity contribution < 1.29 is 19.3 Å². The van der Waals surface area contributed by atoms with Crippen molar-refractivity contribution >= 4 is 29.2 Å². The third kappa shape index (κ3) is 4.63. The Balaban J connectivity index is 1.54. The van der Waals surface area contributed by atoms with Gasteiger partial charge in [0, 0.05) is 19.2 Å². The quantitative estimate of drug-likeness (QED) is 0.256. The Morgan fingerprint density at radius 2 is 1.81 bits per heavy atom. The van der Waals surface area contributed by atoms with Crippen LogP contribution in [-0.4, -0.2) is 47.3 Å². The zero-order valence-electron chi connectivity index (χ0n) is 17.2. The first-order valence-electron chi connectivity index (χ1n) is 9.67. The molecule has 1 aliphatic heterocycles. The van der Waals surface area contributed by atoms with Gasteiger partial charge in [0.05, 0.1) is 4.92 Å². The van der Waals surface area contributed by atoms with Crippen molar-refractivity contribution in [1.29, 1.82) is 0 Å². The molecule has 0 bridgehead atoms. The molecular formula is C21H23N5O5. The van der Waals surface area contributed by atoms with Crippen LogP contribution in [0.25, 0.3) is 0 Å². The van der Waals surface area contributed by atoms with Gasteiger partial charge in [-0.1, -0.05) is 42.0 Å². The third-order valence-electron chi connectivity index (χ3n) is 5.07. The molecule has 3 N–H and O–H groups in total. The Kier molecular flexibility index (Phi) is 6.19. The molecule has 1 saturated heterocycles. The summed E-state index contributed by atoms with van der Waals surface area (Å²) in [6.07, 6.45) is 0. The number of imide groups is 1. The van der Waals surface area contributed by atoms with Gasteiger partial charge in [-0.25, -0.2) is 4.79 Å². The molecule has 0 radical (unpaired) electrons. The van der Waals surface area contributed by atoms with Gasteiger partial charge in [0.25, 0.3) is 11.6 Å². The molecule has 0 aliphatic carbocycles. The van der Waals surface area contributed by atoms with Crippen LogP contribution in [0.15, 0.2) is 48.5 Å². The lowest BCUT2D eigenvalue weighted by atomic mass is 9.91. The number of anilines is 1. The second kappa shape index (κ2) is 8.82. The molecule has 1 aliphatic rings. The number of urea groups is 1. The predicted molar refractivity (Wildman–Crippen MR) is 113 cm³/mol. The van der Waals surface area contributed by atoms with Crippen molar-refractivity contribution in [3.63, 3.8) is 0 Å². The number of benzene rings is 2. The minimum Gasteiger partial charge on any atom is -0.378 e. The monoisotopic (exact) mass is 425 g/mol. The summed E-state index contributed by atoms with van der Waals surface area (Å²) in [5, 5.41) is 19.2. The van der Waals surface area contributed by atoms with Crippen LogP contribution in [0.2, 0.25) is 0 Å². The summed E-state index contributed by atoms with van der Waals surface area (Å²) in [6, 6.07) is 12.8. The van der Waals surface area contributed by atoms with Gasteiger partial charge in [0.1, 0.15) is 17.8 Å². The van der Waals surface area contributed by atoms with Crippen LogP contribution in [-0.2, 0) is 15.1 Å². The van der Waals surface area contributed by atoms with Crippen molar-refractivity contribution in [2.24, 2.45) is 0 Å². The molecule has 4 amide bonds. The van der Waals surface area contributed by atoms with Crippen LogP contribution in [0.3, 0.4) is 0 Å². The van der Waals surface area contributed by atoms with Crippen LogP contribution in [0, 0.1) is 17.0 Å². The number of carbonyl (C=O) groups is 3. The van der Waals surface area contributed by atoms with E-state index in [1.54, 1.807) is 37.3 Å². The van der Waals surface area contributed by atoms with Crippen LogP contribution in [0.5, 0.6) is 0 Å². The summed E-state index contributed by atoms with van der Waals surface area (Å²) in [5.74, 6) is -1.02. The molecule has 1 atom stereocenters. The van der Waals surface area contributed by atoms with Crippen LogP contribution < -0.4 is 16.0 Å². The molecule has 0 aromatic heterocycles. The number of hydrogen-bond donors (Lipinski definition) is 3.